The Bertz CT molecular complexity index is 381. The lowest BCUT2D eigenvalue weighted by Crippen LogP contribution is -2.20. The summed E-state index contributed by atoms with van der Waals surface area (Å²) < 4.78 is 2.52. The van der Waals surface area contributed by atoms with Gasteiger partial charge in [-0.1, -0.05) is 55.5 Å². The van der Waals surface area contributed by atoms with Crippen LogP contribution in [-0.2, 0) is 0 Å². The van der Waals surface area contributed by atoms with Crippen LogP contribution in [0.15, 0.2) is 22.7 Å². The fourth-order valence-corrected chi connectivity index (χ4v) is 3.53. The molecule has 0 aromatic heterocycles. The van der Waals surface area contributed by atoms with Crippen molar-refractivity contribution in [3.63, 3.8) is 0 Å². The van der Waals surface area contributed by atoms with Gasteiger partial charge in [0.25, 0.3) is 0 Å². The Kier molecular flexibility index (Phi) is 8.58. The van der Waals surface area contributed by atoms with E-state index in [1.807, 2.05) is 0 Å². The summed E-state index contributed by atoms with van der Waals surface area (Å²) in [5.74, 6) is 0.821. The van der Waals surface area contributed by atoms with E-state index < -0.39 is 0 Å². The van der Waals surface area contributed by atoms with Crippen molar-refractivity contribution in [2.24, 2.45) is 5.92 Å². The second kappa shape index (κ2) is 9.35. The van der Waals surface area contributed by atoms with Crippen molar-refractivity contribution < 1.29 is 0 Å². The summed E-state index contributed by atoms with van der Waals surface area (Å²) in [5, 5.41) is 3.49. The molecule has 2 unspecified atom stereocenters. The summed E-state index contributed by atoms with van der Waals surface area (Å²) in [7, 11) is 2.07. The molecule has 0 saturated heterocycles. The minimum Gasteiger partial charge on any atom is -0.313 e. The van der Waals surface area contributed by atoms with E-state index in [1.54, 1.807) is 0 Å². The van der Waals surface area contributed by atoms with Crippen LogP contribution in [0.3, 0.4) is 0 Å². The van der Waals surface area contributed by atoms with E-state index >= 15 is 0 Å². The summed E-state index contributed by atoms with van der Waals surface area (Å²) in [4.78, 5) is 0. The van der Waals surface area contributed by atoms with Gasteiger partial charge in [-0.25, -0.2) is 0 Å². The second-order valence-corrected chi connectivity index (χ2v) is 7.26. The summed E-state index contributed by atoms with van der Waals surface area (Å²) in [6.07, 6.45) is 6.51. The van der Waals surface area contributed by atoms with Gasteiger partial charge in [0.15, 0.2) is 0 Å². The Morgan fingerprint density at radius 2 is 2.05 bits per heavy atom. The molecule has 0 fully saturated rings. The van der Waals surface area contributed by atoms with Gasteiger partial charge in [-0.3, -0.25) is 0 Å². The number of hydrogen-bond donors (Lipinski definition) is 1. The molecular weight excluding hydrogens is 413 g/mol. The highest BCUT2D eigenvalue weighted by Gasteiger charge is 2.17. The second-order valence-electron chi connectivity index (χ2n) is 5.16. The number of halogens is 2. The molecule has 1 aromatic carbocycles. The molecule has 1 N–H and O–H groups in total. The van der Waals surface area contributed by atoms with Crippen molar-refractivity contribution >= 4 is 38.5 Å². The zero-order valence-electron chi connectivity index (χ0n) is 12.2. The van der Waals surface area contributed by atoms with Gasteiger partial charge in [0.2, 0.25) is 0 Å². The van der Waals surface area contributed by atoms with Gasteiger partial charge in [0.1, 0.15) is 0 Å². The molecule has 0 aliphatic carbocycles. The number of unbranched alkanes of at least 4 members (excludes halogenated alkanes) is 1. The van der Waals surface area contributed by atoms with Crippen LogP contribution in [0.5, 0.6) is 0 Å². The largest absolute Gasteiger partial charge is 0.313 e. The molecule has 0 saturated carbocycles. The van der Waals surface area contributed by atoms with Gasteiger partial charge < -0.3 is 5.32 Å². The number of hydrogen-bond acceptors (Lipinski definition) is 1. The van der Waals surface area contributed by atoms with Crippen LogP contribution in [-0.4, -0.2) is 7.05 Å². The Morgan fingerprint density at radius 1 is 1.32 bits per heavy atom. The Balaban J connectivity index is 2.78. The molecule has 0 aliphatic heterocycles. The van der Waals surface area contributed by atoms with Crippen molar-refractivity contribution in [3.8, 4) is 0 Å². The average Bonchev–Trinajstić information content (AvgIpc) is 2.42. The number of rotatable bonds is 8. The first-order valence-electron chi connectivity index (χ1n) is 7.24. The van der Waals surface area contributed by atoms with Crippen LogP contribution in [0.4, 0.5) is 0 Å². The monoisotopic (exact) mass is 437 g/mol. The van der Waals surface area contributed by atoms with Crippen LogP contribution in [0.1, 0.15) is 57.6 Å². The molecule has 0 bridgehead atoms. The van der Waals surface area contributed by atoms with Crippen molar-refractivity contribution in [1.29, 1.82) is 0 Å². The van der Waals surface area contributed by atoms with Crippen LogP contribution in [0, 0.1) is 9.49 Å². The van der Waals surface area contributed by atoms with Crippen molar-refractivity contribution in [3.05, 3.63) is 31.8 Å². The number of benzene rings is 1. The lowest BCUT2D eigenvalue weighted by atomic mass is 9.89. The standard InChI is InChI=1S/C16H25BrIN/c1-4-6-7-12(5-2)10-16(19-3)14-11-13(18)8-9-15(14)17/h8-9,11-12,16,19H,4-7,10H2,1-3H3. The van der Waals surface area contributed by atoms with E-state index in [0.717, 1.165) is 5.92 Å². The predicted molar refractivity (Wildman–Crippen MR) is 96.6 cm³/mol. The quantitative estimate of drug-likeness (QED) is 0.497. The van der Waals surface area contributed by atoms with Crippen LogP contribution < -0.4 is 5.32 Å². The molecule has 19 heavy (non-hydrogen) atoms. The van der Waals surface area contributed by atoms with E-state index in [-0.39, 0.29) is 0 Å². The predicted octanol–water partition coefficient (Wildman–Crippen LogP) is 5.92. The normalized spacial score (nSPS) is 14.4. The molecule has 0 amide bonds. The van der Waals surface area contributed by atoms with Crippen molar-refractivity contribution in [2.45, 2.75) is 52.0 Å². The minimum absolute atomic E-state index is 0.450. The molecule has 0 spiro atoms. The Labute approximate surface area is 140 Å². The highest BCUT2D eigenvalue weighted by molar-refractivity contribution is 14.1. The molecule has 108 valence electrons. The summed E-state index contributed by atoms with van der Waals surface area (Å²) in [5.41, 5.74) is 1.39. The maximum atomic E-state index is 3.69. The van der Waals surface area contributed by atoms with Crippen LogP contribution in [0.25, 0.3) is 0 Å². The molecule has 2 atom stereocenters. The highest BCUT2D eigenvalue weighted by atomic mass is 127. The Hall–Kier alpha value is 0.390. The topological polar surface area (TPSA) is 12.0 Å². The number of nitrogens with one attached hydrogen (secondary N) is 1. The van der Waals surface area contributed by atoms with Gasteiger partial charge in [0, 0.05) is 14.1 Å². The van der Waals surface area contributed by atoms with E-state index in [2.05, 4.69) is 82.9 Å². The molecule has 1 aromatic rings. The molecule has 0 heterocycles. The van der Waals surface area contributed by atoms with E-state index in [0.29, 0.717) is 6.04 Å². The maximum absolute atomic E-state index is 3.69. The van der Waals surface area contributed by atoms with Gasteiger partial charge >= 0.3 is 0 Å². The van der Waals surface area contributed by atoms with E-state index in [4.69, 9.17) is 0 Å². The van der Waals surface area contributed by atoms with Gasteiger partial charge in [-0.2, -0.15) is 0 Å². The summed E-state index contributed by atoms with van der Waals surface area (Å²) in [6.45, 7) is 4.59. The third-order valence-electron chi connectivity index (χ3n) is 3.79. The van der Waals surface area contributed by atoms with Gasteiger partial charge in [-0.15, -0.1) is 0 Å². The van der Waals surface area contributed by atoms with Crippen molar-refractivity contribution in [2.75, 3.05) is 7.05 Å². The molecular formula is C16H25BrIN. The first-order chi connectivity index (χ1) is 9.12. The van der Waals surface area contributed by atoms with E-state index in [9.17, 15) is 0 Å². The third-order valence-corrected chi connectivity index (χ3v) is 5.19. The minimum atomic E-state index is 0.450. The molecule has 0 aliphatic rings. The fourth-order valence-electron chi connectivity index (χ4n) is 2.50. The maximum Gasteiger partial charge on any atom is 0.0331 e. The SMILES string of the molecule is CCCCC(CC)CC(NC)c1cc(I)ccc1Br. The average molecular weight is 438 g/mol. The molecule has 0 radical (unpaired) electrons. The van der Waals surface area contributed by atoms with Crippen molar-refractivity contribution in [1.82, 2.24) is 5.32 Å². The first-order valence-corrected chi connectivity index (χ1v) is 9.11. The van der Waals surface area contributed by atoms with Crippen LogP contribution >= 0.6 is 38.5 Å². The summed E-state index contributed by atoms with van der Waals surface area (Å²) in [6, 6.07) is 7.05. The zero-order valence-corrected chi connectivity index (χ0v) is 15.9. The molecule has 3 heteroatoms. The lowest BCUT2D eigenvalue weighted by Gasteiger charge is -2.24. The smallest absolute Gasteiger partial charge is 0.0331 e. The van der Waals surface area contributed by atoms with E-state index in [1.165, 1.54) is 45.7 Å². The summed E-state index contributed by atoms with van der Waals surface area (Å²) >= 11 is 6.08. The lowest BCUT2D eigenvalue weighted by molar-refractivity contribution is 0.364. The third kappa shape index (κ3) is 5.72. The Morgan fingerprint density at radius 3 is 2.63 bits per heavy atom. The molecule has 1 nitrogen and oxygen atoms in total. The highest BCUT2D eigenvalue weighted by Crippen LogP contribution is 2.31. The first kappa shape index (κ1) is 17.4. The van der Waals surface area contributed by atoms with Gasteiger partial charge in [-0.05, 0) is 65.7 Å². The molecule has 1 rings (SSSR count). The van der Waals surface area contributed by atoms with Crippen LogP contribution in [0.2, 0.25) is 0 Å². The zero-order chi connectivity index (χ0) is 14.3. The fraction of sp³-hybridized carbons (Fsp3) is 0.625. The van der Waals surface area contributed by atoms with Gasteiger partial charge in [0.05, 0.1) is 0 Å².